The average Bonchev–Trinajstić information content (AvgIpc) is 2.40. The fraction of sp³-hybridized carbons (Fsp3) is 0.467. The smallest absolute Gasteiger partial charge is 0.308 e. The normalized spacial score (nSPS) is 22.7. The Morgan fingerprint density at radius 2 is 2.14 bits per heavy atom. The molecule has 6 heteroatoms. The van der Waals surface area contributed by atoms with Crippen LogP contribution in [0.25, 0.3) is 0 Å². The maximum absolute atomic E-state index is 13.4. The molecule has 0 spiro atoms. The Bertz CT molecular complexity index is 576. The molecule has 2 rings (SSSR count). The second-order valence-electron chi connectivity index (χ2n) is 5.50. The summed E-state index contributed by atoms with van der Waals surface area (Å²) < 4.78 is 13.7. The lowest BCUT2D eigenvalue weighted by atomic mass is 9.83. The van der Waals surface area contributed by atoms with E-state index < -0.39 is 23.7 Å². The van der Waals surface area contributed by atoms with E-state index in [1.54, 1.807) is 17.0 Å². The zero-order valence-corrected chi connectivity index (χ0v) is 13.4. The van der Waals surface area contributed by atoms with Crippen molar-refractivity contribution in [3.8, 4) is 0 Å². The molecule has 0 saturated carbocycles. The van der Waals surface area contributed by atoms with E-state index in [9.17, 15) is 19.1 Å². The summed E-state index contributed by atoms with van der Waals surface area (Å²) in [5, 5.41) is 9.46. The van der Waals surface area contributed by atoms with Gasteiger partial charge in [0.15, 0.2) is 0 Å². The molecule has 1 heterocycles. The average molecular weight is 358 g/mol. The van der Waals surface area contributed by atoms with Gasteiger partial charge in [-0.2, -0.15) is 0 Å². The molecule has 4 nitrogen and oxygen atoms in total. The van der Waals surface area contributed by atoms with E-state index in [0.29, 0.717) is 12.0 Å². The third-order valence-electron chi connectivity index (χ3n) is 3.80. The van der Waals surface area contributed by atoms with Gasteiger partial charge in [0.05, 0.1) is 16.4 Å². The number of carboxylic acids is 1. The highest BCUT2D eigenvalue weighted by Gasteiger charge is 2.41. The van der Waals surface area contributed by atoms with Crippen LogP contribution in [0.1, 0.15) is 38.3 Å². The Balaban J connectivity index is 2.51. The Hall–Kier alpha value is -1.43. The quantitative estimate of drug-likeness (QED) is 0.902. The van der Waals surface area contributed by atoms with Crippen molar-refractivity contribution in [2.45, 2.75) is 38.8 Å². The molecule has 21 heavy (non-hydrogen) atoms. The third-order valence-corrected chi connectivity index (χ3v) is 4.40. The first kappa shape index (κ1) is 15.9. The molecule has 1 aromatic carbocycles. The fourth-order valence-corrected chi connectivity index (χ4v) is 3.27. The van der Waals surface area contributed by atoms with Crippen molar-refractivity contribution < 1.29 is 19.1 Å². The number of nitrogens with zero attached hydrogens (tertiary/aromatic N) is 1. The molecular formula is C15H17BrFNO3. The molecule has 1 saturated heterocycles. The number of carbonyl (C=O) groups is 2. The van der Waals surface area contributed by atoms with E-state index in [2.05, 4.69) is 15.9 Å². The molecule has 1 aliphatic rings. The Labute approximate surface area is 131 Å². The van der Waals surface area contributed by atoms with E-state index in [0.717, 1.165) is 0 Å². The van der Waals surface area contributed by atoms with Gasteiger partial charge < -0.3 is 10.0 Å². The first-order chi connectivity index (χ1) is 9.82. The number of piperidine rings is 1. The number of hydrogen-bond donors (Lipinski definition) is 1. The molecular weight excluding hydrogens is 341 g/mol. The molecule has 0 bridgehead atoms. The molecule has 1 aromatic rings. The van der Waals surface area contributed by atoms with Gasteiger partial charge in [0.25, 0.3) is 0 Å². The molecule has 1 N–H and O–H groups in total. The molecule has 114 valence electrons. The van der Waals surface area contributed by atoms with Crippen molar-refractivity contribution in [2.75, 3.05) is 0 Å². The Kier molecular flexibility index (Phi) is 4.66. The van der Waals surface area contributed by atoms with Crippen LogP contribution in [0.2, 0.25) is 0 Å². The van der Waals surface area contributed by atoms with Crippen LogP contribution in [-0.2, 0) is 9.59 Å². The SMILES string of the molecule is CC(C)N1C(=O)CCC(C(=O)O)C1c1ccc(F)c(Br)c1. The monoisotopic (exact) mass is 357 g/mol. The second-order valence-corrected chi connectivity index (χ2v) is 6.35. The summed E-state index contributed by atoms with van der Waals surface area (Å²) >= 11 is 3.12. The molecule has 1 aliphatic heterocycles. The number of carboxylic acid groups (broad SMARTS) is 1. The maximum Gasteiger partial charge on any atom is 0.308 e. The summed E-state index contributed by atoms with van der Waals surface area (Å²) in [5.74, 6) is -2.09. The van der Waals surface area contributed by atoms with E-state index >= 15 is 0 Å². The highest BCUT2D eigenvalue weighted by atomic mass is 79.9. The van der Waals surface area contributed by atoms with E-state index in [1.807, 2.05) is 13.8 Å². The van der Waals surface area contributed by atoms with Gasteiger partial charge >= 0.3 is 5.97 Å². The highest BCUT2D eigenvalue weighted by molar-refractivity contribution is 9.10. The van der Waals surface area contributed by atoms with Crippen molar-refractivity contribution in [3.63, 3.8) is 0 Å². The fourth-order valence-electron chi connectivity index (χ4n) is 2.87. The van der Waals surface area contributed by atoms with Crippen LogP contribution in [0, 0.1) is 11.7 Å². The molecule has 2 unspecified atom stereocenters. The summed E-state index contributed by atoms with van der Waals surface area (Å²) in [7, 11) is 0. The Morgan fingerprint density at radius 1 is 1.48 bits per heavy atom. The van der Waals surface area contributed by atoms with Gasteiger partial charge in [-0.05, 0) is 53.9 Å². The summed E-state index contributed by atoms with van der Waals surface area (Å²) in [6, 6.07) is 3.71. The number of aliphatic carboxylic acids is 1. The number of benzene rings is 1. The van der Waals surface area contributed by atoms with Crippen LogP contribution >= 0.6 is 15.9 Å². The van der Waals surface area contributed by atoms with Gasteiger partial charge in [0, 0.05) is 12.5 Å². The highest BCUT2D eigenvalue weighted by Crippen LogP contribution is 2.39. The van der Waals surface area contributed by atoms with Crippen LogP contribution in [0.5, 0.6) is 0 Å². The van der Waals surface area contributed by atoms with Crippen LogP contribution in [0.3, 0.4) is 0 Å². The third kappa shape index (κ3) is 3.10. The topological polar surface area (TPSA) is 57.6 Å². The van der Waals surface area contributed by atoms with Crippen molar-refractivity contribution in [1.29, 1.82) is 0 Å². The molecule has 1 fully saturated rings. The van der Waals surface area contributed by atoms with Gasteiger partial charge in [0.2, 0.25) is 5.91 Å². The lowest BCUT2D eigenvalue weighted by molar-refractivity contribution is -0.153. The summed E-state index contributed by atoms with van der Waals surface area (Å²) in [4.78, 5) is 25.3. The number of amides is 1. The number of likely N-dealkylation sites (tertiary alicyclic amines) is 1. The second kappa shape index (κ2) is 6.13. The largest absolute Gasteiger partial charge is 0.481 e. The minimum atomic E-state index is -0.932. The zero-order chi connectivity index (χ0) is 15.7. The van der Waals surface area contributed by atoms with Crippen LogP contribution in [0.4, 0.5) is 4.39 Å². The van der Waals surface area contributed by atoms with Gasteiger partial charge in [0.1, 0.15) is 5.82 Å². The zero-order valence-electron chi connectivity index (χ0n) is 11.8. The first-order valence-corrected chi connectivity index (χ1v) is 7.61. The number of halogens is 2. The van der Waals surface area contributed by atoms with Crippen molar-refractivity contribution >= 4 is 27.8 Å². The van der Waals surface area contributed by atoms with Crippen LogP contribution < -0.4 is 0 Å². The standard InChI is InChI=1S/C15H17BrFNO3/c1-8(2)18-13(19)6-4-10(15(20)21)14(18)9-3-5-12(17)11(16)7-9/h3,5,7-8,10,14H,4,6H2,1-2H3,(H,20,21). The van der Waals surface area contributed by atoms with Crippen molar-refractivity contribution in [2.24, 2.45) is 5.92 Å². The van der Waals surface area contributed by atoms with Crippen LogP contribution in [0.15, 0.2) is 22.7 Å². The minimum absolute atomic E-state index is 0.0621. The minimum Gasteiger partial charge on any atom is -0.481 e. The molecule has 0 radical (unpaired) electrons. The molecule has 1 amide bonds. The number of carbonyl (C=O) groups excluding carboxylic acids is 1. The van der Waals surface area contributed by atoms with Gasteiger partial charge in [-0.15, -0.1) is 0 Å². The van der Waals surface area contributed by atoms with E-state index in [-0.39, 0.29) is 22.8 Å². The van der Waals surface area contributed by atoms with Crippen molar-refractivity contribution in [3.05, 3.63) is 34.1 Å². The first-order valence-electron chi connectivity index (χ1n) is 6.82. The van der Waals surface area contributed by atoms with Crippen molar-refractivity contribution in [1.82, 2.24) is 4.90 Å². The van der Waals surface area contributed by atoms with Gasteiger partial charge in [-0.3, -0.25) is 9.59 Å². The van der Waals surface area contributed by atoms with Gasteiger partial charge in [-0.1, -0.05) is 6.07 Å². The summed E-state index contributed by atoms with van der Waals surface area (Å²) in [5.41, 5.74) is 0.637. The maximum atomic E-state index is 13.4. The summed E-state index contributed by atoms with van der Waals surface area (Å²) in [6.07, 6.45) is 0.533. The van der Waals surface area contributed by atoms with Crippen LogP contribution in [-0.4, -0.2) is 27.9 Å². The predicted octanol–water partition coefficient (Wildman–Crippen LogP) is 3.36. The summed E-state index contributed by atoms with van der Waals surface area (Å²) in [6.45, 7) is 3.71. The number of rotatable bonds is 3. The molecule has 2 atom stereocenters. The van der Waals surface area contributed by atoms with E-state index in [4.69, 9.17) is 0 Å². The molecule has 0 aliphatic carbocycles. The number of hydrogen-bond acceptors (Lipinski definition) is 2. The van der Waals surface area contributed by atoms with E-state index in [1.165, 1.54) is 6.07 Å². The molecule has 0 aromatic heterocycles. The lowest BCUT2D eigenvalue weighted by Crippen LogP contribution is -2.48. The lowest BCUT2D eigenvalue weighted by Gasteiger charge is -2.42. The Morgan fingerprint density at radius 3 is 2.67 bits per heavy atom. The van der Waals surface area contributed by atoms with Gasteiger partial charge in [-0.25, -0.2) is 4.39 Å². The predicted molar refractivity (Wildman–Crippen MR) is 79.2 cm³/mol.